The number of carbonyl (C=O) groups is 1. The standard InChI is InChI=1S/C29H40FN3O5/c1-36-13-14-38-27-16-23(15-26(18-27)37-12-9-30)24(17-28(34)35)20-33-11-8-21(19-33)4-6-25-7-5-22-3-2-10-31-29(22)32-25/h5,7,15-16,18,21,24H,2-4,6,8-14,17,19-20H2,1H3,(H,31,32)(H,34,35)/t21-,24?/m1/s1. The number of benzene rings is 1. The first kappa shape index (κ1) is 28.1. The number of halogens is 1. The van der Waals surface area contributed by atoms with Gasteiger partial charge in [-0.25, -0.2) is 9.37 Å². The van der Waals surface area contributed by atoms with E-state index >= 15 is 0 Å². The van der Waals surface area contributed by atoms with Gasteiger partial charge in [-0.15, -0.1) is 0 Å². The average Bonchev–Trinajstić information content (AvgIpc) is 3.37. The number of nitrogens with one attached hydrogen (secondary N) is 1. The van der Waals surface area contributed by atoms with Crippen molar-refractivity contribution in [2.75, 3.05) is 65.1 Å². The highest BCUT2D eigenvalue weighted by Gasteiger charge is 2.27. The fourth-order valence-electron chi connectivity index (χ4n) is 5.38. The summed E-state index contributed by atoms with van der Waals surface area (Å²) in [5.74, 6) is 1.55. The number of likely N-dealkylation sites (tertiary alicyclic amines) is 1. The summed E-state index contributed by atoms with van der Waals surface area (Å²) in [6.45, 7) is 3.62. The second-order valence-corrected chi connectivity index (χ2v) is 10.2. The first-order valence-electron chi connectivity index (χ1n) is 13.7. The molecular formula is C29H40FN3O5. The SMILES string of the molecule is COCCOc1cc(OCCF)cc(C(CC(=O)O)CN2CC[C@@H](CCc3ccc4c(n3)NCCC4)C2)c1. The van der Waals surface area contributed by atoms with E-state index in [9.17, 15) is 14.3 Å². The van der Waals surface area contributed by atoms with Gasteiger partial charge in [-0.05, 0) is 73.9 Å². The molecule has 208 valence electrons. The predicted molar refractivity (Wildman–Crippen MR) is 144 cm³/mol. The molecule has 0 bridgehead atoms. The smallest absolute Gasteiger partial charge is 0.304 e. The van der Waals surface area contributed by atoms with E-state index in [1.165, 1.54) is 5.56 Å². The number of anilines is 1. The van der Waals surface area contributed by atoms with Gasteiger partial charge in [0.05, 0.1) is 13.0 Å². The monoisotopic (exact) mass is 529 g/mol. The van der Waals surface area contributed by atoms with Crippen molar-refractivity contribution in [3.05, 3.63) is 47.2 Å². The van der Waals surface area contributed by atoms with Crippen LogP contribution in [0.25, 0.3) is 0 Å². The van der Waals surface area contributed by atoms with Gasteiger partial charge in [0.25, 0.3) is 0 Å². The summed E-state index contributed by atoms with van der Waals surface area (Å²) < 4.78 is 29.1. The maximum atomic E-state index is 12.7. The van der Waals surface area contributed by atoms with Gasteiger partial charge in [-0.3, -0.25) is 4.79 Å². The van der Waals surface area contributed by atoms with E-state index in [0.717, 1.165) is 68.8 Å². The zero-order valence-electron chi connectivity index (χ0n) is 22.3. The molecule has 4 rings (SSSR count). The second-order valence-electron chi connectivity index (χ2n) is 10.2. The Balaban J connectivity index is 1.38. The summed E-state index contributed by atoms with van der Waals surface area (Å²) in [6, 6.07) is 9.76. The van der Waals surface area contributed by atoms with Crippen LogP contribution in [-0.4, -0.2) is 80.7 Å². The minimum Gasteiger partial charge on any atom is -0.491 e. The third-order valence-corrected chi connectivity index (χ3v) is 7.31. The highest BCUT2D eigenvalue weighted by molar-refractivity contribution is 5.68. The third-order valence-electron chi connectivity index (χ3n) is 7.31. The number of alkyl halides is 1. The van der Waals surface area contributed by atoms with Crippen molar-refractivity contribution >= 4 is 11.8 Å². The van der Waals surface area contributed by atoms with Gasteiger partial charge in [0.15, 0.2) is 0 Å². The molecular weight excluding hydrogens is 489 g/mol. The van der Waals surface area contributed by atoms with Crippen LogP contribution in [-0.2, 0) is 22.4 Å². The Morgan fingerprint density at radius 3 is 2.79 bits per heavy atom. The molecule has 0 saturated carbocycles. The maximum Gasteiger partial charge on any atom is 0.304 e. The van der Waals surface area contributed by atoms with E-state index in [4.69, 9.17) is 19.2 Å². The number of carboxylic acid groups (broad SMARTS) is 1. The number of methoxy groups -OCH3 is 1. The number of pyridine rings is 1. The van der Waals surface area contributed by atoms with Crippen LogP contribution < -0.4 is 14.8 Å². The van der Waals surface area contributed by atoms with Gasteiger partial charge >= 0.3 is 5.97 Å². The lowest BCUT2D eigenvalue weighted by atomic mass is 9.94. The predicted octanol–water partition coefficient (Wildman–Crippen LogP) is 4.33. The van der Waals surface area contributed by atoms with Crippen molar-refractivity contribution in [3.8, 4) is 11.5 Å². The number of aromatic nitrogens is 1. The first-order chi connectivity index (χ1) is 18.5. The van der Waals surface area contributed by atoms with Gasteiger partial charge in [0, 0.05) is 44.4 Å². The van der Waals surface area contributed by atoms with Crippen LogP contribution in [0.5, 0.6) is 11.5 Å². The van der Waals surface area contributed by atoms with Gasteiger partial charge < -0.3 is 29.5 Å². The van der Waals surface area contributed by atoms with Crippen molar-refractivity contribution in [1.82, 2.24) is 9.88 Å². The number of carboxylic acids is 1. The maximum absolute atomic E-state index is 12.7. The molecule has 0 amide bonds. The molecule has 2 atom stereocenters. The zero-order valence-corrected chi connectivity index (χ0v) is 22.3. The van der Waals surface area contributed by atoms with Crippen molar-refractivity contribution < 1.29 is 28.5 Å². The molecule has 38 heavy (non-hydrogen) atoms. The van der Waals surface area contributed by atoms with Crippen LogP contribution in [0.15, 0.2) is 30.3 Å². The molecule has 0 spiro atoms. The Bertz CT molecular complexity index is 1050. The summed E-state index contributed by atoms with van der Waals surface area (Å²) in [7, 11) is 1.60. The number of ether oxygens (including phenoxy) is 3. The van der Waals surface area contributed by atoms with Crippen LogP contribution in [0.1, 0.15) is 48.4 Å². The van der Waals surface area contributed by atoms with Gasteiger partial charge in [0.1, 0.15) is 37.2 Å². The van der Waals surface area contributed by atoms with Crippen LogP contribution in [0, 0.1) is 5.92 Å². The first-order valence-corrected chi connectivity index (χ1v) is 13.7. The molecule has 2 aromatic rings. The normalized spacial score (nSPS) is 18.0. The molecule has 2 aliphatic rings. The molecule has 1 saturated heterocycles. The summed E-state index contributed by atoms with van der Waals surface area (Å²) in [4.78, 5) is 19.0. The summed E-state index contributed by atoms with van der Waals surface area (Å²) >= 11 is 0. The van der Waals surface area contributed by atoms with Gasteiger partial charge in [-0.1, -0.05) is 6.07 Å². The van der Waals surface area contributed by atoms with Gasteiger partial charge in [0.2, 0.25) is 0 Å². The van der Waals surface area contributed by atoms with Crippen molar-refractivity contribution in [2.24, 2.45) is 5.92 Å². The Morgan fingerprint density at radius 2 is 2.03 bits per heavy atom. The van der Waals surface area contributed by atoms with E-state index in [1.807, 2.05) is 12.1 Å². The van der Waals surface area contributed by atoms with Gasteiger partial charge in [-0.2, -0.15) is 0 Å². The lowest BCUT2D eigenvalue weighted by molar-refractivity contribution is -0.137. The van der Waals surface area contributed by atoms with E-state index in [1.54, 1.807) is 13.2 Å². The average molecular weight is 530 g/mol. The summed E-state index contributed by atoms with van der Waals surface area (Å²) in [5.41, 5.74) is 3.26. The Labute approximate surface area is 224 Å². The molecule has 9 heteroatoms. The number of nitrogens with zero attached hydrogens (tertiary/aromatic N) is 2. The number of fused-ring (bicyclic) bond motifs is 1. The quantitative estimate of drug-likeness (QED) is 0.330. The highest BCUT2D eigenvalue weighted by atomic mass is 19.1. The molecule has 2 N–H and O–H groups in total. The molecule has 0 radical (unpaired) electrons. The number of aliphatic carboxylic acids is 1. The lowest BCUT2D eigenvalue weighted by Gasteiger charge is -2.24. The van der Waals surface area contributed by atoms with Crippen LogP contribution in [0.4, 0.5) is 10.2 Å². The zero-order chi connectivity index (χ0) is 26.7. The van der Waals surface area contributed by atoms with Crippen LogP contribution in [0.2, 0.25) is 0 Å². The van der Waals surface area contributed by atoms with E-state index in [0.29, 0.717) is 37.2 Å². The Morgan fingerprint density at radius 1 is 1.21 bits per heavy atom. The third kappa shape index (κ3) is 8.30. The minimum absolute atomic E-state index is 0.00269. The molecule has 1 aromatic carbocycles. The van der Waals surface area contributed by atoms with Crippen molar-refractivity contribution in [2.45, 2.75) is 44.4 Å². The molecule has 8 nitrogen and oxygen atoms in total. The highest BCUT2D eigenvalue weighted by Crippen LogP contribution is 2.32. The molecule has 1 unspecified atom stereocenters. The Kier molecular flexibility index (Phi) is 10.6. The lowest BCUT2D eigenvalue weighted by Crippen LogP contribution is -2.28. The Hall–Kier alpha value is -2.91. The van der Waals surface area contributed by atoms with E-state index in [2.05, 4.69) is 22.3 Å². The van der Waals surface area contributed by atoms with Crippen molar-refractivity contribution in [3.63, 3.8) is 0 Å². The topological polar surface area (TPSA) is 93.2 Å². The molecule has 1 aromatic heterocycles. The summed E-state index contributed by atoms with van der Waals surface area (Å²) in [6.07, 6.45) is 5.35. The minimum atomic E-state index is -0.852. The fourth-order valence-corrected chi connectivity index (χ4v) is 5.38. The van der Waals surface area contributed by atoms with Crippen LogP contribution in [0.3, 0.4) is 0 Å². The number of rotatable bonds is 15. The fraction of sp³-hybridized carbons (Fsp3) is 0.586. The molecule has 3 heterocycles. The van der Waals surface area contributed by atoms with Crippen LogP contribution >= 0.6 is 0 Å². The summed E-state index contributed by atoms with van der Waals surface area (Å²) in [5, 5.41) is 13.1. The molecule has 2 aliphatic heterocycles. The largest absolute Gasteiger partial charge is 0.491 e. The number of hydrogen-bond acceptors (Lipinski definition) is 7. The molecule has 1 fully saturated rings. The molecule has 0 aliphatic carbocycles. The van der Waals surface area contributed by atoms with E-state index < -0.39 is 12.6 Å². The van der Waals surface area contributed by atoms with Crippen molar-refractivity contribution in [1.29, 1.82) is 0 Å². The number of aryl methyl sites for hydroxylation is 2. The van der Waals surface area contributed by atoms with E-state index in [-0.39, 0.29) is 18.9 Å². The second kappa shape index (κ2) is 14.3. The number of hydrogen-bond donors (Lipinski definition) is 2.